The van der Waals surface area contributed by atoms with Crippen molar-refractivity contribution in [3.63, 3.8) is 0 Å². The molecule has 166 valence electrons. The number of rotatable bonds is 8. The first kappa shape index (κ1) is 23.8. The Labute approximate surface area is 197 Å². The fraction of sp³-hybridized carbons (Fsp3) is 0.200. The van der Waals surface area contributed by atoms with Gasteiger partial charge in [0.2, 0.25) is 11.8 Å². The van der Waals surface area contributed by atoms with E-state index in [1.165, 1.54) is 18.0 Å². The average molecular weight is 473 g/mol. The average Bonchev–Trinajstić information content (AvgIpc) is 2.79. The van der Waals surface area contributed by atoms with E-state index < -0.39 is 11.9 Å². The van der Waals surface area contributed by atoms with Gasteiger partial charge in [-0.3, -0.25) is 9.59 Å². The fourth-order valence-electron chi connectivity index (χ4n) is 3.46. The van der Waals surface area contributed by atoms with Crippen molar-refractivity contribution in [1.29, 1.82) is 0 Å². The van der Waals surface area contributed by atoms with Gasteiger partial charge in [0, 0.05) is 30.1 Å². The van der Waals surface area contributed by atoms with E-state index in [0.717, 1.165) is 5.56 Å². The summed E-state index contributed by atoms with van der Waals surface area (Å²) in [5.74, 6) is -1.17. The molecule has 0 aromatic heterocycles. The predicted molar refractivity (Wildman–Crippen MR) is 125 cm³/mol. The Bertz CT molecular complexity index is 1090. The van der Waals surface area contributed by atoms with Crippen molar-refractivity contribution in [3.8, 4) is 0 Å². The number of benzene rings is 3. The van der Waals surface area contributed by atoms with Crippen LogP contribution in [0, 0.1) is 5.82 Å². The maximum absolute atomic E-state index is 14.2. The zero-order valence-electron chi connectivity index (χ0n) is 17.5. The summed E-state index contributed by atoms with van der Waals surface area (Å²) in [6.07, 6.45) is 0.120. The molecule has 1 atom stereocenters. The summed E-state index contributed by atoms with van der Waals surface area (Å²) in [5, 5.41) is 3.50. The largest absolute Gasteiger partial charge is 0.357 e. The number of carbonyl (C=O) groups is 2. The Morgan fingerprint density at radius 1 is 0.969 bits per heavy atom. The summed E-state index contributed by atoms with van der Waals surface area (Å²) in [7, 11) is 1.52. The van der Waals surface area contributed by atoms with Crippen LogP contribution in [0.1, 0.15) is 16.7 Å². The zero-order chi connectivity index (χ0) is 23.1. The Kier molecular flexibility index (Phi) is 8.26. The van der Waals surface area contributed by atoms with Crippen LogP contribution in [0.3, 0.4) is 0 Å². The predicted octanol–water partition coefficient (Wildman–Crippen LogP) is 5.06. The second-order valence-electron chi connectivity index (χ2n) is 7.35. The SMILES string of the molecule is CNC(=O)[C@H](Cc1ccccc1)N(Cc1ccc(Cl)cc1Cl)C(=O)Cc1ccccc1F. The van der Waals surface area contributed by atoms with Crippen LogP contribution in [0.2, 0.25) is 10.0 Å². The molecule has 0 spiro atoms. The summed E-state index contributed by atoms with van der Waals surface area (Å²) in [4.78, 5) is 27.7. The summed E-state index contributed by atoms with van der Waals surface area (Å²) in [5.41, 5.74) is 1.80. The van der Waals surface area contributed by atoms with Gasteiger partial charge in [-0.25, -0.2) is 4.39 Å². The van der Waals surface area contributed by atoms with Gasteiger partial charge < -0.3 is 10.2 Å². The van der Waals surface area contributed by atoms with Gasteiger partial charge in [0.05, 0.1) is 6.42 Å². The van der Waals surface area contributed by atoms with Crippen molar-refractivity contribution in [1.82, 2.24) is 10.2 Å². The van der Waals surface area contributed by atoms with Crippen molar-refractivity contribution in [2.75, 3.05) is 7.05 Å². The molecule has 0 aliphatic rings. The molecule has 0 aliphatic heterocycles. The number of halogens is 3. The summed E-state index contributed by atoms with van der Waals surface area (Å²) in [6, 6.07) is 19.7. The minimum atomic E-state index is -0.812. The van der Waals surface area contributed by atoms with E-state index in [4.69, 9.17) is 23.2 Å². The van der Waals surface area contributed by atoms with Crippen molar-refractivity contribution in [2.45, 2.75) is 25.4 Å². The van der Waals surface area contributed by atoms with Gasteiger partial charge in [0.15, 0.2) is 0 Å². The minimum absolute atomic E-state index is 0.0776. The van der Waals surface area contributed by atoms with Gasteiger partial charge in [-0.05, 0) is 34.9 Å². The monoisotopic (exact) mass is 472 g/mol. The highest BCUT2D eigenvalue weighted by atomic mass is 35.5. The van der Waals surface area contributed by atoms with Crippen molar-refractivity contribution < 1.29 is 14.0 Å². The third kappa shape index (κ3) is 6.09. The fourth-order valence-corrected chi connectivity index (χ4v) is 3.93. The van der Waals surface area contributed by atoms with E-state index in [-0.39, 0.29) is 30.3 Å². The van der Waals surface area contributed by atoms with Gasteiger partial charge in [-0.1, -0.05) is 77.8 Å². The van der Waals surface area contributed by atoms with Crippen LogP contribution in [-0.4, -0.2) is 29.8 Å². The maximum atomic E-state index is 14.2. The highest BCUT2D eigenvalue weighted by Crippen LogP contribution is 2.24. The third-order valence-corrected chi connectivity index (χ3v) is 5.76. The van der Waals surface area contributed by atoms with E-state index in [0.29, 0.717) is 22.0 Å². The van der Waals surface area contributed by atoms with E-state index in [1.54, 1.807) is 36.4 Å². The molecule has 4 nitrogen and oxygen atoms in total. The standard InChI is InChI=1S/C25H23Cl2FN2O2/c1-29-25(32)23(13-17-7-3-2-4-8-17)30(16-19-11-12-20(26)15-21(19)27)24(31)14-18-9-5-6-10-22(18)28/h2-12,15,23H,13-14,16H2,1H3,(H,29,32)/t23-/m0/s1. The topological polar surface area (TPSA) is 49.4 Å². The van der Waals surface area contributed by atoms with Gasteiger partial charge in [-0.15, -0.1) is 0 Å². The molecule has 0 bridgehead atoms. The lowest BCUT2D eigenvalue weighted by atomic mass is 10.0. The Morgan fingerprint density at radius 3 is 2.31 bits per heavy atom. The lowest BCUT2D eigenvalue weighted by molar-refractivity contribution is -0.140. The van der Waals surface area contributed by atoms with Crippen LogP contribution < -0.4 is 5.32 Å². The summed E-state index contributed by atoms with van der Waals surface area (Å²) >= 11 is 12.4. The molecule has 7 heteroatoms. The second kappa shape index (κ2) is 11.1. The van der Waals surface area contributed by atoms with Crippen LogP contribution in [0.4, 0.5) is 4.39 Å². The van der Waals surface area contributed by atoms with Crippen LogP contribution in [0.5, 0.6) is 0 Å². The van der Waals surface area contributed by atoms with Crippen LogP contribution >= 0.6 is 23.2 Å². The van der Waals surface area contributed by atoms with Crippen LogP contribution in [-0.2, 0) is 29.0 Å². The molecular formula is C25H23Cl2FN2O2. The van der Waals surface area contributed by atoms with E-state index in [9.17, 15) is 14.0 Å². The number of nitrogens with zero attached hydrogens (tertiary/aromatic N) is 1. The molecule has 0 saturated heterocycles. The van der Waals surface area contributed by atoms with E-state index in [1.807, 2.05) is 30.3 Å². The van der Waals surface area contributed by atoms with Crippen LogP contribution in [0.15, 0.2) is 72.8 Å². The number of carbonyl (C=O) groups excluding carboxylic acids is 2. The third-order valence-electron chi connectivity index (χ3n) is 5.17. The molecule has 0 fully saturated rings. The van der Waals surface area contributed by atoms with Crippen molar-refractivity contribution in [2.24, 2.45) is 0 Å². The molecule has 0 radical (unpaired) electrons. The maximum Gasteiger partial charge on any atom is 0.242 e. The molecular weight excluding hydrogens is 450 g/mol. The lowest BCUT2D eigenvalue weighted by Gasteiger charge is -2.31. The number of hydrogen-bond acceptors (Lipinski definition) is 2. The van der Waals surface area contributed by atoms with Gasteiger partial charge in [-0.2, -0.15) is 0 Å². The van der Waals surface area contributed by atoms with Crippen molar-refractivity contribution >= 4 is 35.0 Å². The molecule has 3 aromatic carbocycles. The number of nitrogens with one attached hydrogen (secondary N) is 1. The summed E-state index contributed by atoms with van der Waals surface area (Å²) < 4.78 is 14.2. The second-order valence-corrected chi connectivity index (χ2v) is 8.19. The van der Waals surface area contributed by atoms with E-state index >= 15 is 0 Å². The molecule has 3 rings (SSSR count). The Hall–Kier alpha value is -2.89. The van der Waals surface area contributed by atoms with Crippen LogP contribution in [0.25, 0.3) is 0 Å². The first-order valence-corrected chi connectivity index (χ1v) is 10.9. The quantitative estimate of drug-likeness (QED) is 0.497. The molecule has 2 amide bonds. The molecule has 0 aliphatic carbocycles. The molecule has 0 heterocycles. The smallest absolute Gasteiger partial charge is 0.242 e. The molecule has 0 unspecified atom stereocenters. The first-order chi connectivity index (χ1) is 15.4. The van der Waals surface area contributed by atoms with Gasteiger partial charge in [0.1, 0.15) is 11.9 Å². The zero-order valence-corrected chi connectivity index (χ0v) is 19.0. The molecule has 32 heavy (non-hydrogen) atoms. The Morgan fingerprint density at radius 2 is 1.66 bits per heavy atom. The van der Waals surface area contributed by atoms with E-state index in [2.05, 4.69) is 5.32 Å². The summed E-state index contributed by atoms with van der Waals surface area (Å²) in [6.45, 7) is 0.0776. The molecule has 1 N–H and O–H groups in total. The first-order valence-electron chi connectivity index (χ1n) is 10.1. The number of likely N-dealkylation sites (N-methyl/N-ethyl adjacent to an activating group) is 1. The highest BCUT2D eigenvalue weighted by molar-refractivity contribution is 6.35. The van der Waals surface area contributed by atoms with Gasteiger partial charge >= 0.3 is 0 Å². The molecule has 0 saturated carbocycles. The number of amides is 2. The lowest BCUT2D eigenvalue weighted by Crippen LogP contribution is -2.50. The van der Waals surface area contributed by atoms with Crippen molar-refractivity contribution in [3.05, 3.63) is 105 Å². The Balaban J connectivity index is 1.98. The highest BCUT2D eigenvalue weighted by Gasteiger charge is 2.30. The normalized spacial score (nSPS) is 11.6. The number of hydrogen-bond donors (Lipinski definition) is 1. The minimum Gasteiger partial charge on any atom is -0.357 e. The molecule has 3 aromatic rings. The van der Waals surface area contributed by atoms with Gasteiger partial charge in [0.25, 0.3) is 0 Å².